The molecular formula is C18H30O2. The molecule has 0 fully saturated rings. The van der Waals surface area contributed by atoms with Crippen LogP contribution in [0.1, 0.15) is 71.1 Å². The van der Waals surface area contributed by atoms with Gasteiger partial charge in [0.15, 0.2) is 0 Å². The molecule has 0 radical (unpaired) electrons. The third kappa shape index (κ3) is 16.7. The van der Waals surface area contributed by atoms with Crippen molar-refractivity contribution in [2.45, 2.75) is 71.1 Å². The van der Waals surface area contributed by atoms with Gasteiger partial charge in [0.05, 0.1) is 0 Å². The molecule has 2 nitrogen and oxygen atoms in total. The van der Waals surface area contributed by atoms with E-state index < -0.39 is 5.97 Å². The highest BCUT2D eigenvalue weighted by atomic mass is 16.4. The maximum absolute atomic E-state index is 10.3. The second-order valence-electron chi connectivity index (χ2n) is 5.08. The lowest BCUT2D eigenvalue weighted by Gasteiger charge is -1.97. The number of rotatable bonds is 13. The van der Waals surface area contributed by atoms with Gasteiger partial charge < -0.3 is 5.11 Å². The van der Waals surface area contributed by atoms with Gasteiger partial charge in [-0.05, 0) is 25.7 Å². The summed E-state index contributed by atoms with van der Waals surface area (Å²) in [5.41, 5.74) is 0. The van der Waals surface area contributed by atoms with E-state index in [4.69, 9.17) is 5.11 Å². The van der Waals surface area contributed by atoms with E-state index in [2.05, 4.69) is 43.4 Å². The summed E-state index contributed by atoms with van der Waals surface area (Å²) < 4.78 is 0. The van der Waals surface area contributed by atoms with Gasteiger partial charge in [0.25, 0.3) is 0 Å². The smallest absolute Gasteiger partial charge is 0.303 e. The van der Waals surface area contributed by atoms with Crippen LogP contribution in [0.3, 0.4) is 0 Å². The third-order valence-electron chi connectivity index (χ3n) is 3.09. The van der Waals surface area contributed by atoms with Gasteiger partial charge in [-0.3, -0.25) is 4.79 Å². The first kappa shape index (κ1) is 18.7. The van der Waals surface area contributed by atoms with Gasteiger partial charge in [-0.15, -0.1) is 0 Å². The fourth-order valence-electron chi connectivity index (χ4n) is 1.87. The van der Waals surface area contributed by atoms with Crippen LogP contribution in [-0.2, 0) is 4.79 Å². The highest BCUT2D eigenvalue weighted by Crippen LogP contribution is 2.07. The van der Waals surface area contributed by atoms with Crippen LogP contribution in [0, 0.1) is 0 Å². The molecule has 0 heterocycles. The van der Waals surface area contributed by atoms with Crippen molar-refractivity contribution < 1.29 is 9.90 Å². The van der Waals surface area contributed by atoms with E-state index in [1.165, 1.54) is 32.1 Å². The molecule has 0 aliphatic rings. The Kier molecular flexibility index (Phi) is 14.7. The van der Waals surface area contributed by atoms with Crippen molar-refractivity contribution >= 4 is 5.97 Å². The summed E-state index contributed by atoms with van der Waals surface area (Å²) in [4.78, 5) is 10.3. The minimum atomic E-state index is -0.677. The molecule has 0 saturated heterocycles. The van der Waals surface area contributed by atoms with Gasteiger partial charge in [0.2, 0.25) is 0 Å². The topological polar surface area (TPSA) is 37.3 Å². The Morgan fingerprint density at radius 2 is 1.35 bits per heavy atom. The predicted molar refractivity (Wildman–Crippen MR) is 86.9 cm³/mol. The summed E-state index contributed by atoms with van der Waals surface area (Å²) in [6, 6.07) is 0. The Morgan fingerprint density at radius 1 is 0.800 bits per heavy atom. The van der Waals surface area contributed by atoms with E-state index in [0.29, 0.717) is 6.42 Å². The summed E-state index contributed by atoms with van der Waals surface area (Å²) in [5, 5.41) is 8.50. The van der Waals surface area contributed by atoms with Gasteiger partial charge in [-0.2, -0.15) is 0 Å². The molecule has 0 aromatic heterocycles. The lowest BCUT2D eigenvalue weighted by atomic mass is 10.1. The summed E-state index contributed by atoms with van der Waals surface area (Å²) in [6.45, 7) is 2.21. The molecule has 0 rings (SSSR count). The zero-order valence-corrected chi connectivity index (χ0v) is 12.9. The molecule has 0 aromatic carbocycles. The third-order valence-corrected chi connectivity index (χ3v) is 3.09. The quantitative estimate of drug-likeness (QED) is 0.348. The standard InChI is InChI=1S/C18H30O2/c1-2-3-4-5-6-7-8-9-10-11-12-13-14-15-16-17-18(19)20/h5-10H,2-4,11-17H2,1H3,(H,19,20)/b6-5?,8-7?,10-9-. The van der Waals surface area contributed by atoms with Crippen LogP contribution in [0.2, 0.25) is 0 Å². The molecule has 0 unspecified atom stereocenters. The average Bonchev–Trinajstić information content (AvgIpc) is 2.43. The number of carbonyl (C=O) groups is 1. The lowest BCUT2D eigenvalue weighted by Crippen LogP contribution is -1.93. The van der Waals surface area contributed by atoms with Crippen LogP contribution < -0.4 is 0 Å². The number of carboxylic acid groups (broad SMARTS) is 1. The Labute approximate surface area is 124 Å². The second-order valence-corrected chi connectivity index (χ2v) is 5.08. The zero-order chi connectivity index (χ0) is 14.9. The minimum absolute atomic E-state index is 0.316. The van der Waals surface area contributed by atoms with E-state index >= 15 is 0 Å². The maximum Gasteiger partial charge on any atom is 0.303 e. The van der Waals surface area contributed by atoms with Crippen molar-refractivity contribution in [3.63, 3.8) is 0 Å². The molecule has 0 bridgehead atoms. The SMILES string of the molecule is CCCCC=CC=C/C=C\CCCCCCCC(=O)O. The van der Waals surface area contributed by atoms with Crippen LogP contribution in [0.15, 0.2) is 36.5 Å². The first-order valence-corrected chi connectivity index (χ1v) is 7.97. The molecule has 0 aliphatic carbocycles. The Balaban J connectivity index is 3.29. The van der Waals surface area contributed by atoms with Crippen molar-refractivity contribution in [2.75, 3.05) is 0 Å². The molecule has 114 valence electrons. The normalized spacial score (nSPS) is 12.1. The van der Waals surface area contributed by atoms with Gasteiger partial charge >= 0.3 is 5.97 Å². The van der Waals surface area contributed by atoms with Crippen molar-refractivity contribution in [1.82, 2.24) is 0 Å². The Morgan fingerprint density at radius 3 is 1.95 bits per heavy atom. The van der Waals surface area contributed by atoms with Crippen LogP contribution in [0.25, 0.3) is 0 Å². The summed E-state index contributed by atoms with van der Waals surface area (Å²) >= 11 is 0. The fourth-order valence-corrected chi connectivity index (χ4v) is 1.87. The molecule has 0 aromatic rings. The van der Waals surface area contributed by atoms with Gasteiger partial charge in [0, 0.05) is 6.42 Å². The van der Waals surface area contributed by atoms with E-state index in [1.54, 1.807) is 0 Å². The van der Waals surface area contributed by atoms with Crippen LogP contribution in [0.4, 0.5) is 0 Å². The first-order chi connectivity index (χ1) is 9.77. The van der Waals surface area contributed by atoms with E-state index in [-0.39, 0.29) is 0 Å². The molecule has 0 spiro atoms. The Bertz CT molecular complexity index is 301. The molecule has 0 aliphatic heterocycles. The van der Waals surface area contributed by atoms with Crippen LogP contribution >= 0.6 is 0 Å². The molecule has 20 heavy (non-hydrogen) atoms. The molecule has 0 amide bonds. The number of allylic oxidation sites excluding steroid dienone is 6. The number of unbranched alkanes of at least 4 members (excludes halogenated alkanes) is 7. The number of hydrogen-bond acceptors (Lipinski definition) is 1. The fraction of sp³-hybridized carbons (Fsp3) is 0.611. The minimum Gasteiger partial charge on any atom is -0.481 e. The van der Waals surface area contributed by atoms with E-state index in [9.17, 15) is 4.79 Å². The molecular weight excluding hydrogens is 248 g/mol. The molecule has 0 saturated carbocycles. The van der Waals surface area contributed by atoms with Crippen molar-refractivity contribution in [2.24, 2.45) is 0 Å². The zero-order valence-electron chi connectivity index (χ0n) is 12.9. The average molecular weight is 278 g/mol. The number of aliphatic carboxylic acids is 1. The van der Waals surface area contributed by atoms with E-state index in [0.717, 1.165) is 25.7 Å². The predicted octanol–water partition coefficient (Wildman–Crippen LogP) is 5.66. The van der Waals surface area contributed by atoms with Crippen LogP contribution in [0.5, 0.6) is 0 Å². The molecule has 2 heteroatoms. The van der Waals surface area contributed by atoms with Gasteiger partial charge in [-0.25, -0.2) is 0 Å². The van der Waals surface area contributed by atoms with Crippen molar-refractivity contribution in [3.05, 3.63) is 36.5 Å². The number of carboxylic acids is 1. The molecule has 0 atom stereocenters. The molecule has 1 N–H and O–H groups in total. The Hall–Kier alpha value is -1.31. The maximum atomic E-state index is 10.3. The van der Waals surface area contributed by atoms with Gasteiger partial charge in [-0.1, -0.05) is 75.5 Å². The largest absolute Gasteiger partial charge is 0.481 e. The van der Waals surface area contributed by atoms with Gasteiger partial charge in [0.1, 0.15) is 0 Å². The second kappa shape index (κ2) is 15.7. The highest BCUT2D eigenvalue weighted by Gasteiger charge is 1.95. The highest BCUT2D eigenvalue weighted by molar-refractivity contribution is 5.66. The summed E-state index contributed by atoms with van der Waals surface area (Å²) in [6.07, 6.45) is 23.3. The van der Waals surface area contributed by atoms with E-state index in [1.807, 2.05) is 0 Å². The van der Waals surface area contributed by atoms with Crippen molar-refractivity contribution in [3.8, 4) is 0 Å². The van der Waals surface area contributed by atoms with Crippen molar-refractivity contribution in [1.29, 1.82) is 0 Å². The number of hydrogen-bond donors (Lipinski definition) is 1. The lowest BCUT2D eigenvalue weighted by molar-refractivity contribution is -0.137. The van der Waals surface area contributed by atoms with Crippen LogP contribution in [-0.4, -0.2) is 11.1 Å². The monoisotopic (exact) mass is 278 g/mol. The summed E-state index contributed by atoms with van der Waals surface area (Å²) in [5.74, 6) is -0.677. The summed E-state index contributed by atoms with van der Waals surface area (Å²) in [7, 11) is 0. The first-order valence-electron chi connectivity index (χ1n) is 7.97.